The average molecular weight is 386 g/mol. The number of hydrogen-bond acceptors (Lipinski definition) is 4. The highest BCUT2D eigenvalue weighted by Crippen LogP contribution is 2.46. The second-order valence-corrected chi connectivity index (χ2v) is 9.16. The third kappa shape index (κ3) is 2.98. The Labute approximate surface area is 151 Å². The summed E-state index contributed by atoms with van der Waals surface area (Å²) in [4.78, 5) is 0.117. The van der Waals surface area contributed by atoms with Crippen LogP contribution in [0, 0.1) is 13.8 Å². The van der Waals surface area contributed by atoms with Gasteiger partial charge in [0.2, 0.25) is 0 Å². The number of piperidine rings is 1. The molecule has 0 amide bonds. The first-order valence-electron chi connectivity index (χ1n) is 8.16. The molecule has 1 aromatic heterocycles. The Morgan fingerprint density at radius 2 is 1.80 bits per heavy atom. The lowest BCUT2D eigenvalue weighted by atomic mass is 9.88. The van der Waals surface area contributed by atoms with E-state index in [1.807, 2.05) is 0 Å². The van der Waals surface area contributed by atoms with Crippen molar-refractivity contribution in [2.45, 2.75) is 42.5 Å². The van der Waals surface area contributed by atoms with Crippen molar-refractivity contribution in [2.24, 2.45) is 0 Å². The molecular formula is C17H21ClFN3O2S. The molecule has 0 saturated carbocycles. The van der Waals surface area contributed by atoms with Gasteiger partial charge in [-0.05, 0) is 57.5 Å². The Hall–Kier alpha value is -1.44. The van der Waals surface area contributed by atoms with Crippen LogP contribution in [0.25, 0.3) is 0 Å². The van der Waals surface area contributed by atoms with Gasteiger partial charge in [0.1, 0.15) is 15.8 Å². The second-order valence-electron chi connectivity index (χ2n) is 6.50. The first-order chi connectivity index (χ1) is 11.8. The minimum Gasteiger partial charge on any atom is -0.317 e. The molecule has 1 aliphatic rings. The van der Waals surface area contributed by atoms with Crippen LogP contribution in [0.4, 0.5) is 4.39 Å². The average Bonchev–Trinajstić information content (AvgIpc) is 2.94. The Morgan fingerprint density at radius 3 is 2.32 bits per heavy atom. The molecule has 25 heavy (non-hydrogen) atoms. The maximum atomic E-state index is 15.7. The Kier molecular flexibility index (Phi) is 4.92. The Bertz CT molecular complexity index is 839. The summed E-state index contributed by atoms with van der Waals surface area (Å²) in [6.45, 7) is 4.17. The molecule has 1 atom stereocenters. The van der Waals surface area contributed by atoms with Gasteiger partial charge >= 0.3 is 0 Å². The van der Waals surface area contributed by atoms with Gasteiger partial charge < -0.3 is 5.32 Å². The van der Waals surface area contributed by atoms with Crippen molar-refractivity contribution in [3.05, 3.63) is 46.2 Å². The molecule has 1 unspecified atom stereocenters. The van der Waals surface area contributed by atoms with Crippen molar-refractivity contribution in [3.63, 3.8) is 0 Å². The van der Waals surface area contributed by atoms with Gasteiger partial charge in [-0.15, -0.1) is 0 Å². The van der Waals surface area contributed by atoms with Crippen LogP contribution >= 0.6 is 11.6 Å². The van der Waals surface area contributed by atoms with Crippen LogP contribution in [0.5, 0.6) is 0 Å². The molecule has 0 aliphatic carbocycles. The molecule has 5 nitrogen and oxygen atoms in total. The van der Waals surface area contributed by atoms with E-state index < -0.39 is 20.8 Å². The molecule has 1 fully saturated rings. The van der Waals surface area contributed by atoms with Crippen LogP contribution in [0.15, 0.2) is 29.2 Å². The zero-order chi connectivity index (χ0) is 18.2. The number of nitrogens with zero attached hydrogens (tertiary/aromatic N) is 1. The number of aromatic nitrogens is 2. The summed E-state index contributed by atoms with van der Waals surface area (Å²) in [5.41, 5.74) is 1.14. The fraction of sp³-hybridized carbons (Fsp3) is 0.471. The van der Waals surface area contributed by atoms with E-state index >= 15 is 4.39 Å². The Balaban J connectivity index is 2.15. The summed E-state index contributed by atoms with van der Waals surface area (Å²) in [6.07, 6.45) is -1.25. The number of nitrogens with one attached hydrogen (secondary N) is 2. The number of halogens is 2. The smallest absolute Gasteiger partial charge is 0.191 e. The third-order valence-electron chi connectivity index (χ3n) is 4.94. The quantitative estimate of drug-likeness (QED) is 0.846. The molecule has 8 heteroatoms. The lowest BCUT2D eigenvalue weighted by Gasteiger charge is -2.39. The van der Waals surface area contributed by atoms with Gasteiger partial charge in [-0.25, -0.2) is 12.8 Å². The lowest BCUT2D eigenvalue weighted by molar-refractivity contribution is 0.209. The fourth-order valence-electron chi connectivity index (χ4n) is 3.58. The summed E-state index contributed by atoms with van der Waals surface area (Å²) in [5.74, 6) is 0. The maximum absolute atomic E-state index is 15.7. The largest absolute Gasteiger partial charge is 0.317 e. The van der Waals surface area contributed by atoms with E-state index in [0.717, 1.165) is 0 Å². The topological polar surface area (TPSA) is 74.8 Å². The highest BCUT2D eigenvalue weighted by Gasteiger charge is 2.53. The minimum absolute atomic E-state index is 0.117. The monoisotopic (exact) mass is 385 g/mol. The SMILES string of the molecule is Cc1n[nH]c(C)c1S(=O)(=O)C1(C(F)c2ccc(Cl)cc2)CCNCC1. The van der Waals surface area contributed by atoms with E-state index in [2.05, 4.69) is 15.5 Å². The maximum Gasteiger partial charge on any atom is 0.191 e. The van der Waals surface area contributed by atoms with Crippen LogP contribution in [0.3, 0.4) is 0 Å². The molecule has 2 N–H and O–H groups in total. The fourth-order valence-corrected chi connectivity index (χ4v) is 6.15. The molecule has 2 aromatic rings. The standard InChI is InChI=1S/C17H21ClFN3O2S/c1-11-15(12(2)22-21-11)25(23,24)17(7-9-20-10-8-17)16(19)13-3-5-14(18)6-4-13/h3-6,16,20H,7-10H2,1-2H3,(H,21,22). The number of hydrogen-bond donors (Lipinski definition) is 2. The van der Waals surface area contributed by atoms with Crippen molar-refractivity contribution in [1.29, 1.82) is 0 Å². The first-order valence-corrected chi connectivity index (χ1v) is 10.0. The molecule has 1 aliphatic heterocycles. The molecule has 0 radical (unpaired) electrons. The van der Waals surface area contributed by atoms with E-state index in [-0.39, 0.29) is 17.7 Å². The van der Waals surface area contributed by atoms with Gasteiger partial charge in [0.25, 0.3) is 0 Å². The zero-order valence-electron chi connectivity index (χ0n) is 14.1. The summed E-state index contributed by atoms with van der Waals surface area (Å²) in [7, 11) is -3.94. The van der Waals surface area contributed by atoms with E-state index in [0.29, 0.717) is 35.1 Å². The van der Waals surface area contributed by atoms with E-state index in [1.165, 1.54) is 0 Å². The summed E-state index contributed by atoms with van der Waals surface area (Å²) < 4.78 is 41.2. The number of alkyl halides is 1. The van der Waals surface area contributed by atoms with Crippen LogP contribution < -0.4 is 5.32 Å². The van der Waals surface area contributed by atoms with Crippen LogP contribution in [-0.2, 0) is 9.84 Å². The first kappa shape index (κ1) is 18.4. The molecule has 136 valence electrons. The normalized spacial score (nSPS) is 18.9. The molecular weight excluding hydrogens is 365 g/mol. The van der Waals surface area contributed by atoms with Crippen molar-refractivity contribution in [3.8, 4) is 0 Å². The van der Waals surface area contributed by atoms with Gasteiger partial charge in [0, 0.05) is 5.02 Å². The minimum atomic E-state index is -3.94. The zero-order valence-corrected chi connectivity index (χ0v) is 15.7. The van der Waals surface area contributed by atoms with E-state index in [4.69, 9.17) is 11.6 Å². The second kappa shape index (κ2) is 6.70. The molecule has 1 aromatic carbocycles. The molecule has 1 saturated heterocycles. The van der Waals surface area contributed by atoms with Crippen LogP contribution in [-0.4, -0.2) is 36.5 Å². The van der Waals surface area contributed by atoms with Crippen molar-refractivity contribution in [1.82, 2.24) is 15.5 Å². The highest BCUT2D eigenvalue weighted by atomic mass is 35.5. The molecule has 0 bridgehead atoms. The summed E-state index contributed by atoms with van der Waals surface area (Å²) in [5, 5.41) is 10.3. The van der Waals surface area contributed by atoms with Crippen LogP contribution in [0.1, 0.15) is 36.0 Å². The third-order valence-corrected chi connectivity index (χ3v) is 8.02. The van der Waals surface area contributed by atoms with Crippen molar-refractivity contribution < 1.29 is 12.8 Å². The summed E-state index contributed by atoms with van der Waals surface area (Å²) >= 11 is 5.89. The number of benzene rings is 1. The van der Waals surface area contributed by atoms with Gasteiger partial charge in [0.15, 0.2) is 9.84 Å². The Morgan fingerprint density at radius 1 is 1.20 bits per heavy atom. The van der Waals surface area contributed by atoms with E-state index in [9.17, 15) is 8.42 Å². The number of H-pyrrole nitrogens is 1. The molecule has 0 spiro atoms. The number of sulfone groups is 1. The predicted octanol–water partition coefficient (Wildman–Crippen LogP) is 3.29. The number of aromatic amines is 1. The van der Waals surface area contributed by atoms with Crippen molar-refractivity contribution in [2.75, 3.05) is 13.1 Å². The van der Waals surface area contributed by atoms with Crippen LogP contribution in [0.2, 0.25) is 5.02 Å². The number of aryl methyl sites for hydroxylation is 2. The molecule has 3 rings (SSSR count). The van der Waals surface area contributed by atoms with Crippen molar-refractivity contribution >= 4 is 21.4 Å². The van der Waals surface area contributed by atoms with Gasteiger partial charge in [-0.2, -0.15) is 5.10 Å². The summed E-state index contributed by atoms with van der Waals surface area (Å²) in [6, 6.07) is 6.28. The highest BCUT2D eigenvalue weighted by molar-refractivity contribution is 7.93. The predicted molar refractivity (Wildman–Crippen MR) is 95.4 cm³/mol. The van der Waals surface area contributed by atoms with E-state index in [1.54, 1.807) is 38.1 Å². The van der Waals surface area contributed by atoms with Gasteiger partial charge in [-0.3, -0.25) is 5.10 Å². The van der Waals surface area contributed by atoms with Gasteiger partial charge in [0.05, 0.1) is 11.4 Å². The number of rotatable bonds is 4. The molecule has 2 heterocycles. The van der Waals surface area contributed by atoms with Gasteiger partial charge in [-0.1, -0.05) is 23.7 Å². The lowest BCUT2D eigenvalue weighted by Crippen LogP contribution is -2.51.